The molecule has 0 unspecified atom stereocenters. The number of rotatable bonds is 5. The molecular formula is C9H14N6O4. The first-order valence-electron chi connectivity index (χ1n) is 5.46. The molecule has 0 saturated heterocycles. The van der Waals surface area contributed by atoms with Crippen LogP contribution in [-0.4, -0.2) is 50.4 Å². The lowest BCUT2D eigenvalue weighted by molar-refractivity contribution is -0.392. The largest absolute Gasteiger partial charge is 0.393 e. The fourth-order valence-corrected chi connectivity index (χ4v) is 1.71. The highest BCUT2D eigenvalue weighted by Gasteiger charge is 2.30. The van der Waals surface area contributed by atoms with Crippen molar-refractivity contribution >= 4 is 11.5 Å². The Morgan fingerprint density at radius 3 is 2.95 bits per heavy atom. The van der Waals surface area contributed by atoms with E-state index in [9.17, 15) is 10.1 Å². The van der Waals surface area contributed by atoms with E-state index in [0.717, 1.165) is 6.20 Å². The van der Waals surface area contributed by atoms with E-state index in [1.165, 1.54) is 15.9 Å². The van der Waals surface area contributed by atoms with Gasteiger partial charge in [-0.1, -0.05) is 5.59 Å². The van der Waals surface area contributed by atoms with Crippen molar-refractivity contribution in [2.24, 2.45) is 0 Å². The van der Waals surface area contributed by atoms with Gasteiger partial charge in [0.15, 0.2) is 5.70 Å². The predicted molar refractivity (Wildman–Crippen MR) is 63.7 cm³/mol. The van der Waals surface area contributed by atoms with Crippen LogP contribution in [-0.2, 0) is 11.4 Å². The zero-order chi connectivity index (χ0) is 14.0. The summed E-state index contributed by atoms with van der Waals surface area (Å²) in [7, 11) is 3.53. The minimum Gasteiger partial charge on any atom is -0.393 e. The molecule has 1 aromatic heterocycles. The number of hydrogen-bond acceptors (Lipinski definition) is 8. The number of nitrogens with zero attached hydrogens (tertiary/aromatic N) is 5. The molecule has 0 radical (unpaired) electrons. The SMILES string of the molecule is CN(C)N1NOC=C1c1ncc([N+](=O)[O-])n1CCO. The molecule has 0 amide bonds. The van der Waals surface area contributed by atoms with Crippen molar-refractivity contribution in [3.8, 4) is 0 Å². The maximum Gasteiger partial charge on any atom is 0.343 e. The molecule has 0 aromatic carbocycles. The third-order valence-electron chi connectivity index (χ3n) is 2.51. The molecule has 1 aromatic rings. The van der Waals surface area contributed by atoms with Gasteiger partial charge in [0, 0.05) is 14.1 Å². The van der Waals surface area contributed by atoms with Crippen LogP contribution >= 0.6 is 0 Å². The molecule has 10 heteroatoms. The Hall–Kier alpha value is -2.17. The molecule has 1 aliphatic heterocycles. The van der Waals surface area contributed by atoms with Gasteiger partial charge in [0.05, 0.1) is 6.61 Å². The van der Waals surface area contributed by atoms with Crippen molar-refractivity contribution in [2.45, 2.75) is 6.54 Å². The summed E-state index contributed by atoms with van der Waals surface area (Å²) >= 11 is 0. The van der Waals surface area contributed by atoms with Crippen LogP contribution in [0.2, 0.25) is 0 Å². The second-order valence-electron chi connectivity index (χ2n) is 3.94. The van der Waals surface area contributed by atoms with Gasteiger partial charge in [-0.15, -0.1) is 0 Å². The zero-order valence-corrected chi connectivity index (χ0v) is 10.5. The lowest BCUT2D eigenvalue weighted by atomic mass is 10.4. The Morgan fingerprint density at radius 2 is 2.37 bits per heavy atom. The minimum absolute atomic E-state index is 0.0737. The Bertz CT molecular complexity index is 511. The molecule has 2 N–H and O–H groups in total. The summed E-state index contributed by atoms with van der Waals surface area (Å²) in [5, 5.41) is 23.1. The van der Waals surface area contributed by atoms with Crippen LogP contribution in [0.3, 0.4) is 0 Å². The van der Waals surface area contributed by atoms with Crippen LogP contribution in [0.5, 0.6) is 0 Å². The van der Waals surface area contributed by atoms with Crippen LogP contribution in [0, 0.1) is 10.1 Å². The number of aromatic nitrogens is 2. The molecule has 2 rings (SSSR count). The van der Waals surface area contributed by atoms with E-state index in [2.05, 4.69) is 10.6 Å². The third-order valence-corrected chi connectivity index (χ3v) is 2.51. The summed E-state index contributed by atoms with van der Waals surface area (Å²) in [6.07, 6.45) is 2.54. The lowest BCUT2D eigenvalue weighted by Gasteiger charge is -2.24. The summed E-state index contributed by atoms with van der Waals surface area (Å²) in [6, 6.07) is 0. The molecule has 0 aliphatic carbocycles. The van der Waals surface area contributed by atoms with Crippen molar-refractivity contribution < 1.29 is 14.9 Å². The first kappa shape index (κ1) is 13.3. The van der Waals surface area contributed by atoms with Crippen LogP contribution in [0.4, 0.5) is 5.82 Å². The van der Waals surface area contributed by atoms with E-state index in [-0.39, 0.29) is 19.0 Å². The standard InChI is InChI=1S/C9H14N6O4/c1-12(2)14-7(6-19-11-14)9-10-5-8(15(17)18)13(9)3-4-16/h5-6,11,16H,3-4H2,1-2H3. The molecule has 0 atom stereocenters. The molecule has 19 heavy (non-hydrogen) atoms. The van der Waals surface area contributed by atoms with E-state index >= 15 is 0 Å². The topological polar surface area (TPSA) is 109 Å². The van der Waals surface area contributed by atoms with Gasteiger partial charge in [0.1, 0.15) is 19.0 Å². The lowest BCUT2D eigenvalue weighted by Crippen LogP contribution is -2.42. The van der Waals surface area contributed by atoms with E-state index < -0.39 is 4.92 Å². The average molecular weight is 270 g/mol. The van der Waals surface area contributed by atoms with Gasteiger partial charge in [0.25, 0.3) is 5.82 Å². The minimum atomic E-state index is -0.546. The number of imidazole rings is 1. The number of aliphatic hydroxyl groups is 1. The van der Waals surface area contributed by atoms with E-state index in [1.54, 1.807) is 19.1 Å². The molecule has 0 fully saturated rings. The Morgan fingerprint density at radius 1 is 1.63 bits per heavy atom. The van der Waals surface area contributed by atoms with Gasteiger partial charge in [-0.05, 0) is 4.92 Å². The Balaban J connectivity index is 2.42. The molecule has 0 bridgehead atoms. The molecule has 1 aliphatic rings. The first-order chi connectivity index (χ1) is 9.06. The number of nitrogens with one attached hydrogen (secondary N) is 1. The maximum absolute atomic E-state index is 10.9. The first-order valence-corrected chi connectivity index (χ1v) is 5.46. The molecule has 10 nitrogen and oxygen atoms in total. The van der Waals surface area contributed by atoms with Gasteiger partial charge in [-0.25, -0.2) is 14.6 Å². The van der Waals surface area contributed by atoms with Crippen LogP contribution in [0.15, 0.2) is 12.5 Å². The second kappa shape index (κ2) is 5.22. The van der Waals surface area contributed by atoms with Crippen LogP contribution in [0.1, 0.15) is 5.82 Å². The van der Waals surface area contributed by atoms with Crippen LogP contribution in [0.25, 0.3) is 5.70 Å². The predicted octanol–water partition coefficient (Wildman–Crippen LogP) is -0.690. The quantitative estimate of drug-likeness (QED) is 0.534. The fourth-order valence-electron chi connectivity index (χ4n) is 1.71. The van der Waals surface area contributed by atoms with Crippen molar-refractivity contribution in [1.82, 2.24) is 25.3 Å². The highest BCUT2D eigenvalue weighted by Crippen LogP contribution is 2.25. The summed E-state index contributed by atoms with van der Waals surface area (Å²) in [4.78, 5) is 19.4. The molecule has 2 heterocycles. The monoisotopic (exact) mass is 270 g/mol. The smallest absolute Gasteiger partial charge is 0.343 e. The van der Waals surface area contributed by atoms with Crippen molar-refractivity contribution in [1.29, 1.82) is 0 Å². The second-order valence-corrected chi connectivity index (χ2v) is 3.94. The van der Waals surface area contributed by atoms with Crippen molar-refractivity contribution in [3.05, 3.63) is 28.4 Å². The Labute approximate surface area is 108 Å². The van der Waals surface area contributed by atoms with Crippen LogP contribution < -0.4 is 5.59 Å². The third kappa shape index (κ3) is 2.36. The van der Waals surface area contributed by atoms with Crippen molar-refractivity contribution in [3.63, 3.8) is 0 Å². The Kier molecular flexibility index (Phi) is 3.64. The fraction of sp³-hybridized carbons (Fsp3) is 0.444. The van der Waals surface area contributed by atoms with Gasteiger partial charge in [0.2, 0.25) is 0 Å². The van der Waals surface area contributed by atoms with Gasteiger partial charge < -0.3 is 20.1 Å². The highest BCUT2D eigenvalue weighted by atomic mass is 16.7. The summed E-state index contributed by atoms with van der Waals surface area (Å²) in [5.41, 5.74) is 3.10. The van der Waals surface area contributed by atoms with E-state index in [4.69, 9.17) is 9.94 Å². The van der Waals surface area contributed by atoms with Crippen molar-refractivity contribution in [2.75, 3.05) is 20.7 Å². The number of hydrazine groups is 2. The molecule has 0 saturated carbocycles. The normalized spacial score (nSPS) is 14.7. The van der Waals surface area contributed by atoms with Gasteiger partial charge in [-0.2, -0.15) is 5.12 Å². The molecule has 104 valence electrons. The zero-order valence-electron chi connectivity index (χ0n) is 10.5. The van der Waals surface area contributed by atoms with Gasteiger partial charge in [-0.3, -0.25) is 0 Å². The summed E-state index contributed by atoms with van der Waals surface area (Å²) < 4.78 is 1.32. The summed E-state index contributed by atoms with van der Waals surface area (Å²) in [5.74, 6) is 0.148. The average Bonchev–Trinajstić information content (AvgIpc) is 2.94. The van der Waals surface area contributed by atoms with Gasteiger partial charge >= 0.3 is 5.82 Å². The summed E-state index contributed by atoms with van der Waals surface area (Å²) in [6.45, 7) is -0.155. The molecular weight excluding hydrogens is 256 g/mol. The molecule has 0 spiro atoms. The van der Waals surface area contributed by atoms with E-state index in [0.29, 0.717) is 11.5 Å². The maximum atomic E-state index is 10.9. The number of nitro groups is 1. The van der Waals surface area contributed by atoms with E-state index in [1.807, 2.05) is 0 Å². The number of hydrogen-bond donors (Lipinski definition) is 2. The highest BCUT2D eigenvalue weighted by molar-refractivity contribution is 5.59. The number of aliphatic hydroxyl groups excluding tert-OH is 1.